The Hall–Kier alpha value is -3.09. The number of hydrogen-bond acceptors (Lipinski definition) is 4. The maximum atomic E-state index is 14.9. The quantitative estimate of drug-likeness (QED) is 0.780. The van der Waals surface area contributed by atoms with Crippen molar-refractivity contribution in [2.75, 3.05) is 0 Å². The topological polar surface area (TPSA) is 63.7 Å². The molecule has 136 valence electrons. The Kier molecular flexibility index (Phi) is 2.86. The largest absolute Gasteiger partial charge is 0.345 e. The number of imide groups is 1. The van der Waals surface area contributed by atoms with Crippen molar-refractivity contribution in [3.05, 3.63) is 71.3 Å². The summed E-state index contributed by atoms with van der Waals surface area (Å²) in [5.41, 5.74) is -2.72. The van der Waals surface area contributed by atoms with Gasteiger partial charge in [0.1, 0.15) is 5.41 Å². The van der Waals surface area contributed by atoms with Crippen LogP contribution in [0.2, 0.25) is 0 Å². The van der Waals surface area contributed by atoms with Gasteiger partial charge in [-0.3, -0.25) is 9.59 Å². The molecule has 2 bridgehead atoms. The van der Waals surface area contributed by atoms with Crippen molar-refractivity contribution in [2.45, 2.75) is 24.2 Å². The van der Waals surface area contributed by atoms with E-state index in [9.17, 15) is 23.2 Å². The predicted octanol–water partition coefficient (Wildman–Crippen LogP) is 3.11. The molecule has 3 saturated carbocycles. The van der Waals surface area contributed by atoms with Crippen LogP contribution in [-0.4, -0.2) is 28.8 Å². The third-order valence-corrected chi connectivity index (χ3v) is 6.06. The molecule has 6 rings (SSSR count). The number of hydrogen-bond donors (Lipinski definition) is 0. The molecule has 0 spiro atoms. The van der Waals surface area contributed by atoms with Gasteiger partial charge in [0.15, 0.2) is 0 Å². The van der Waals surface area contributed by atoms with Crippen molar-refractivity contribution in [1.82, 2.24) is 5.06 Å². The highest BCUT2D eigenvalue weighted by Crippen LogP contribution is 2.82. The average molecular weight is 369 g/mol. The lowest BCUT2D eigenvalue weighted by Gasteiger charge is -2.73. The van der Waals surface area contributed by atoms with Crippen LogP contribution < -0.4 is 0 Å². The number of nitrogens with zero attached hydrogens (tertiary/aromatic N) is 1. The molecule has 3 fully saturated rings. The summed E-state index contributed by atoms with van der Waals surface area (Å²) in [6, 6.07) is 14.3. The van der Waals surface area contributed by atoms with Gasteiger partial charge in [0.2, 0.25) is 0 Å². The summed E-state index contributed by atoms with van der Waals surface area (Å²) in [5, 5.41) is 0.290. The van der Waals surface area contributed by atoms with Crippen molar-refractivity contribution in [2.24, 2.45) is 5.41 Å². The minimum atomic E-state index is -3.29. The molecule has 0 atom stereocenters. The number of rotatable bonds is 3. The first-order valence-electron chi connectivity index (χ1n) is 8.48. The Morgan fingerprint density at radius 3 is 1.93 bits per heavy atom. The standard InChI is InChI=1S/C20H13F2NO4/c21-20(22)18(12-6-2-1-3-7-12)10-19(20,11-18)17(26)27-23-15(24)13-8-4-5-9-14(13)16(23)25/h1-9H,10-11H2. The fraction of sp³-hybridized carbons (Fsp3) is 0.250. The van der Waals surface area contributed by atoms with Crippen LogP contribution in [0.1, 0.15) is 39.1 Å². The van der Waals surface area contributed by atoms with E-state index in [1.54, 1.807) is 42.5 Å². The molecule has 4 aliphatic rings. The fourth-order valence-corrected chi connectivity index (χ4v) is 4.50. The monoisotopic (exact) mass is 369 g/mol. The van der Waals surface area contributed by atoms with Crippen molar-refractivity contribution >= 4 is 17.8 Å². The first-order chi connectivity index (χ1) is 12.8. The van der Waals surface area contributed by atoms with Gasteiger partial charge in [-0.15, -0.1) is 0 Å². The number of amides is 2. The van der Waals surface area contributed by atoms with Gasteiger partial charge in [0.05, 0.1) is 16.5 Å². The normalized spacial score (nSPS) is 29.6. The third-order valence-electron chi connectivity index (χ3n) is 6.06. The number of carbonyl (C=O) groups is 3. The molecule has 0 aromatic heterocycles. The van der Waals surface area contributed by atoms with Crippen molar-refractivity contribution < 1.29 is 28.0 Å². The Bertz CT molecular complexity index is 977. The molecule has 7 heteroatoms. The molecule has 5 nitrogen and oxygen atoms in total. The molecule has 1 heterocycles. The van der Waals surface area contributed by atoms with Crippen LogP contribution in [0.4, 0.5) is 8.78 Å². The van der Waals surface area contributed by atoms with E-state index in [1.807, 2.05) is 0 Å². The molecule has 3 aliphatic carbocycles. The lowest BCUT2D eigenvalue weighted by Crippen LogP contribution is -2.84. The summed E-state index contributed by atoms with van der Waals surface area (Å²) in [4.78, 5) is 42.0. The van der Waals surface area contributed by atoms with E-state index in [-0.39, 0.29) is 24.0 Å². The van der Waals surface area contributed by atoms with Crippen LogP contribution in [0.15, 0.2) is 54.6 Å². The lowest BCUT2D eigenvalue weighted by molar-refractivity contribution is -0.363. The van der Waals surface area contributed by atoms with Gasteiger partial charge < -0.3 is 4.84 Å². The van der Waals surface area contributed by atoms with E-state index in [1.165, 1.54) is 12.1 Å². The number of halogens is 2. The number of alkyl halides is 2. The predicted molar refractivity (Wildman–Crippen MR) is 87.8 cm³/mol. The van der Waals surface area contributed by atoms with E-state index in [0.717, 1.165) is 0 Å². The van der Waals surface area contributed by atoms with E-state index >= 15 is 0 Å². The highest BCUT2D eigenvalue weighted by molar-refractivity contribution is 6.21. The van der Waals surface area contributed by atoms with Crippen LogP contribution in [-0.2, 0) is 15.0 Å². The van der Waals surface area contributed by atoms with Crippen LogP contribution in [0.25, 0.3) is 0 Å². The minimum absolute atomic E-state index is 0.0704. The second kappa shape index (κ2) is 4.79. The summed E-state index contributed by atoms with van der Waals surface area (Å²) >= 11 is 0. The van der Waals surface area contributed by atoms with Gasteiger partial charge in [-0.1, -0.05) is 47.5 Å². The number of benzene rings is 2. The smallest absolute Gasteiger partial charge is 0.329 e. The maximum absolute atomic E-state index is 14.9. The zero-order chi connectivity index (χ0) is 19.0. The second-order valence-electron chi connectivity index (χ2n) is 7.29. The molecule has 0 saturated heterocycles. The summed E-state index contributed by atoms with van der Waals surface area (Å²) in [5.74, 6) is -6.18. The van der Waals surface area contributed by atoms with Crippen LogP contribution in [0.3, 0.4) is 0 Å². The molecular formula is C20H13F2NO4. The van der Waals surface area contributed by atoms with E-state index in [2.05, 4.69) is 0 Å². The van der Waals surface area contributed by atoms with E-state index < -0.39 is 34.5 Å². The number of fused-ring (bicyclic) bond motifs is 1. The van der Waals surface area contributed by atoms with Gasteiger partial charge in [0, 0.05) is 0 Å². The Morgan fingerprint density at radius 2 is 1.41 bits per heavy atom. The highest BCUT2D eigenvalue weighted by Gasteiger charge is 2.92. The zero-order valence-corrected chi connectivity index (χ0v) is 13.9. The first-order valence-corrected chi connectivity index (χ1v) is 8.48. The van der Waals surface area contributed by atoms with E-state index in [0.29, 0.717) is 10.6 Å². The SMILES string of the molecule is O=C1c2ccccc2C(=O)N1OC(=O)C12CC(c3ccccc3)(C1)C2(F)F. The van der Waals surface area contributed by atoms with Crippen LogP contribution >= 0.6 is 0 Å². The summed E-state index contributed by atoms with van der Waals surface area (Å²) in [6.07, 6.45) is -0.141. The Labute approximate surface area is 152 Å². The second-order valence-corrected chi connectivity index (χ2v) is 7.29. The summed E-state index contributed by atoms with van der Waals surface area (Å²) in [6.45, 7) is 0. The third kappa shape index (κ3) is 1.65. The van der Waals surface area contributed by atoms with Gasteiger partial charge in [-0.25, -0.2) is 13.6 Å². The molecule has 1 aliphatic heterocycles. The van der Waals surface area contributed by atoms with Gasteiger partial charge in [-0.2, -0.15) is 0 Å². The van der Waals surface area contributed by atoms with Crippen molar-refractivity contribution in [1.29, 1.82) is 0 Å². The van der Waals surface area contributed by atoms with Crippen LogP contribution in [0, 0.1) is 5.41 Å². The highest BCUT2D eigenvalue weighted by atomic mass is 19.3. The van der Waals surface area contributed by atoms with Gasteiger partial charge in [0.25, 0.3) is 17.7 Å². The first kappa shape index (κ1) is 16.1. The molecule has 27 heavy (non-hydrogen) atoms. The molecule has 0 N–H and O–H groups in total. The fourth-order valence-electron chi connectivity index (χ4n) is 4.50. The molecule has 0 unspecified atom stereocenters. The van der Waals surface area contributed by atoms with Crippen molar-refractivity contribution in [3.8, 4) is 0 Å². The minimum Gasteiger partial charge on any atom is -0.329 e. The Morgan fingerprint density at radius 1 is 0.889 bits per heavy atom. The number of carbonyl (C=O) groups excluding carboxylic acids is 3. The molecule has 2 aromatic rings. The summed E-state index contributed by atoms with van der Waals surface area (Å²) in [7, 11) is 0. The van der Waals surface area contributed by atoms with Crippen LogP contribution in [0.5, 0.6) is 0 Å². The molecule has 2 aromatic carbocycles. The molecule has 2 amide bonds. The maximum Gasteiger partial charge on any atom is 0.345 e. The van der Waals surface area contributed by atoms with Gasteiger partial charge in [-0.05, 0) is 30.5 Å². The summed E-state index contributed by atoms with van der Waals surface area (Å²) < 4.78 is 29.7. The van der Waals surface area contributed by atoms with Gasteiger partial charge >= 0.3 is 5.97 Å². The zero-order valence-electron chi connectivity index (χ0n) is 13.9. The molecular weight excluding hydrogens is 356 g/mol. The van der Waals surface area contributed by atoms with Crippen molar-refractivity contribution in [3.63, 3.8) is 0 Å². The average Bonchev–Trinajstić information content (AvgIpc) is 2.87. The molecule has 0 radical (unpaired) electrons. The Balaban J connectivity index is 1.39. The lowest BCUT2D eigenvalue weighted by atomic mass is 9.30. The van der Waals surface area contributed by atoms with E-state index in [4.69, 9.17) is 4.84 Å². The number of hydroxylamine groups is 2.